The van der Waals surface area contributed by atoms with E-state index in [0.29, 0.717) is 28.8 Å². The number of thioether (sulfide) groups is 1. The minimum Gasteiger partial charge on any atom is -0.483 e. The van der Waals surface area contributed by atoms with Gasteiger partial charge in [-0.25, -0.2) is 4.39 Å². The van der Waals surface area contributed by atoms with Crippen LogP contribution in [0.4, 0.5) is 10.1 Å². The molecule has 0 bridgehead atoms. The van der Waals surface area contributed by atoms with Gasteiger partial charge in [0.25, 0.3) is 0 Å². The predicted molar refractivity (Wildman–Crippen MR) is 121 cm³/mol. The van der Waals surface area contributed by atoms with Crippen molar-refractivity contribution in [1.82, 2.24) is 14.8 Å². The van der Waals surface area contributed by atoms with Gasteiger partial charge in [-0.1, -0.05) is 36.9 Å². The molecule has 2 aromatic carbocycles. The minimum absolute atomic E-state index is 0.141. The molecular formula is C23H27FN4O2S. The lowest BCUT2D eigenvalue weighted by molar-refractivity contribution is -0.113. The van der Waals surface area contributed by atoms with Gasteiger partial charge in [-0.2, -0.15) is 0 Å². The highest BCUT2D eigenvalue weighted by Crippen LogP contribution is 2.25. The number of aromatic nitrogens is 3. The number of benzene rings is 2. The summed E-state index contributed by atoms with van der Waals surface area (Å²) in [6, 6.07) is 12.6. The third-order valence-corrected chi connectivity index (χ3v) is 5.91. The Morgan fingerprint density at radius 1 is 1.19 bits per heavy atom. The number of hydrogen-bond acceptors (Lipinski definition) is 5. The Morgan fingerprint density at radius 2 is 1.94 bits per heavy atom. The van der Waals surface area contributed by atoms with Crippen molar-refractivity contribution in [2.24, 2.45) is 0 Å². The molecule has 0 spiro atoms. The first-order chi connectivity index (χ1) is 14.9. The zero-order valence-electron chi connectivity index (χ0n) is 18.2. The molecule has 0 aliphatic rings. The Balaban J connectivity index is 1.63. The first kappa shape index (κ1) is 22.8. The van der Waals surface area contributed by atoms with Gasteiger partial charge in [0.1, 0.15) is 11.6 Å². The molecule has 0 aliphatic carbocycles. The maximum absolute atomic E-state index is 13.7. The summed E-state index contributed by atoms with van der Waals surface area (Å²) in [5.41, 5.74) is 2.14. The lowest BCUT2D eigenvalue weighted by Crippen LogP contribution is -2.16. The van der Waals surface area contributed by atoms with Gasteiger partial charge in [0.15, 0.2) is 17.1 Å². The maximum atomic E-state index is 13.7. The van der Waals surface area contributed by atoms with Gasteiger partial charge >= 0.3 is 0 Å². The molecule has 164 valence electrons. The molecule has 31 heavy (non-hydrogen) atoms. The molecule has 3 rings (SSSR count). The summed E-state index contributed by atoms with van der Waals surface area (Å²) in [6.45, 7) is 8.32. The standard InChI is InChI=1S/C23H27FN4O2S/c1-5-17-10-12-18(13-11-17)30-16(4)22-26-27-23(28(22)6-2)31-14-21(29)25-20-9-7-8-19(24)15(20)3/h7-13,16H,5-6,14H2,1-4H3,(H,25,29)/t16-/m0/s1. The van der Waals surface area contributed by atoms with E-state index in [9.17, 15) is 9.18 Å². The summed E-state index contributed by atoms with van der Waals surface area (Å²) < 4.78 is 21.6. The maximum Gasteiger partial charge on any atom is 0.234 e. The molecule has 0 saturated carbocycles. The molecule has 0 fully saturated rings. The molecule has 3 aromatic rings. The molecule has 0 saturated heterocycles. The van der Waals surface area contributed by atoms with E-state index in [-0.39, 0.29) is 23.6 Å². The Bertz CT molecular complexity index is 1040. The molecule has 0 unspecified atom stereocenters. The van der Waals surface area contributed by atoms with E-state index in [1.807, 2.05) is 42.7 Å². The van der Waals surface area contributed by atoms with Crippen LogP contribution in [0.25, 0.3) is 0 Å². The quantitative estimate of drug-likeness (QED) is 0.463. The normalized spacial score (nSPS) is 11.9. The molecule has 1 N–H and O–H groups in total. The SMILES string of the molecule is CCc1ccc(O[C@@H](C)c2nnc(SCC(=O)Nc3cccc(F)c3C)n2CC)cc1. The topological polar surface area (TPSA) is 69.0 Å². The second-order valence-corrected chi connectivity index (χ2v) is 8.03. The van der Waals surface area contributed by atoms with Gasteiger partial charge < -0.3 is 14.6 Å². The summed E-state index contributed by atoms with van der Waals surface area (Å²) in [7, 11) is 0. The van der Waals surface area contributed by atoms with Gasteiger partial charge in [0, 0.05) is 17.8 Å². The highest BCUT2D eigenvalue weighted by Gasteiger charge is 2.19. The first-order valence-corrected chi connectivity index (χ1v) is 11.3. The lowest BCUT2D eigenvalue weighted by Gasteiger charge is -2.16. The summed E-state index contributed by atoms with van der Waals surface area (Å²) in [6.07, 6.45) is 0.686. The Labute approximate surface area is 186 Å². The number of carbonyl (C=O) groups excluding carboxylic acids is 1. The van der Waals surface area contributed by atoms with Crippen molar-refractivity contribution < 1.29 is 13.9 Å². The van der Waals surface area contributed by atoms with Crippen LogP contribution in [-0.4, -0.2) is 26.4 Å². The van der Waals surface area contributed by atoms with Crippen LogP contribution in [0.15, 0.2) is 47.6 Å². The zero-order chi connectivity index (χ0) is 22.4. The Hall–Kier alpha value is -2.87. The van der Waals surface area contributed by atoms with E-state index in [2.05, 4.69) is 22.4 Å². The molecule has 0 radical (unpaired) electrons. The minimum atomic E-state index is -0.348. The third-order valence-electron chi connectivity index (χ3n) is 4.94. The van der Waals surface area contributed by atoms with E-state index in [1.54, 1.807) is 19.1 Å². The van der Waals surface area contributed by atoms with E-state index in [0.717, 1.165) is 12.2 Å². The monoisotopic (exact) mass is 442 g/mol. The number of ether oxygens (including phenoxy) is 1. The van der Waals surface area contributed by atoms with Crippen molar-refractivity contribution in [3.63, 3.8) is 0 Å². The van der Waals surface area contributed by atoms with Gasteiger partial charge in [0.2, 0.25) is 5.91 Å². The number of anilines is 1. The van der Waals surface area contributed by atoms with Crippen molar-refractivity contribution in [2.75, 3.05) is 11.1 Å². The molecule has 8 heteroatoms. The number of amides is 1. The number of halogens is 1. The van der Waals surface area contributed by atoms with E-state index < -0.39 is 0 Å². The number of nitrogens with zero attached hydrogens (tertiary/aromatic N) is 3. The fourth-order valence-electron chi connectivity index (χ4n) is 3.12. The van der Waals surface area contributed by atoms with Gasteiger partial charge in [-0.15, -0.1) is 10.2 Å². The molecule has 0 aliphatic heterocycles. The summed E-state index contributed by atoms with van der Waals surface area (Å²) >= 11 is 1.29. The predicted octanol–water partition coefficient (Wildman–Crippen LogP) is 5.18. The summed E-state index contributed by atoms with van der Waals surface area (Å²) in [5, 5.41) is 11.9. The van der Waals surface area contributed by atoms with Crippen molar-refractivity contribution in [3.05, 3.63) is 65.2 Å². The van der Waals surface area contributed by atoms with Crippen LogP contribution >= 0.6 is 11.8 Å². The zero-order valence-corrected chi connectivity index (χ0v) is 19.0. The average Bonchev–Trinajstić information content (AvgIpc) is 3.19. The molecule has 6 nitrogen and oxygen atoms in total. The van der Waals surface area contributed by atoms with Crippen LogP contribution in [0.3, 0.4) is 0 Å². The van der Waals surface area contributed by atoms with Crippen molar-refractivity contribution >= 4 is 23.4 Å². The largest absolute Gasteiger partial charge is 0.483 e. The van der Waals surface area contributed by atoms with Crippen LogP contribution in [0.1, 0.15) is 43.8 Å². The third kappa shape index (κ3) is 5.64. The molecule has 1 heterocycles. The average molecular weight is 443 g/mol. The molecule has 1 atom stereocenters. The first-order valence-electron chi connectivity index (χ1n) is 10.3. The van der Waals surface area contributed by atoms with Crippen LogP contribution < -0.4 is 10.1 Å². The van der Waals surface area contributed by atoms with Gasteiger partial charge in [-0.05, 0) is 57.0 Å². The van der Waals surface area contributed by atoms with E-state index in [4.69, 9.17) is 4.74 Å². The fourth-order valence-corrected chi connectivity index (χ4v) is 3.93. The van der Waals surface area contributed by atoms with Gasteiger partial charge in [0.05, 0.1) is 5.75 Å². The van der Waals surface area contributed by atoms with Crippen molar-refractivity contribution in [3.8, 4) is 5.75 Å². The van der Waals surface area contributed by atoms with Crippen molar-refractivity contribution in [1.29, 1.82) is 0 Å². The number of carbonyl (C=O) groups is 1. The summed E-state index contributed by atoms with van der Waals surface area (Å²) in [5.74, 6) is 1.03. The van der Waals surface area contributed by atoms with Crippen LogP contribution in [-0.2, 0) is 17.8 Å². The second-order valence-electron chi connectivity index (χ2n) is 7.09. The van der Waals surface area contributed by atoms with Crippen LogP contribution in [0.5, 0.6) is 5.75 Å². The van der Waals surface area contributed by atoms with Crippen molar-refractivity contribution in [2.45, 2.75) is 51.9 Å². The number of hydrogen-bond donors (Lipinski definition) is 1. The molecular weight excluding hydrogens is 415 g/mol. The Kier molecular flexibility index (Phi) is 7.68. The molecule has 1 aromatic heterocycles. The highest BCUT2D eigenvalue weighted by atomic mass is 32.2. The lowest BCUT2D eigenvalue weighted by atomic mass is 10.2. The summed E-state index contributed by atoms with van der Waals surface area (Å²) in [4.78, 5) is 12.3. The number of aryl methyl sites for hydroxylation is 1. The van der Waals surface area contributed by atoms with E-state index >= 15 is 0 Å². The van der Waals surface area contributed by atoms with Crippen LogP contribution in [0.2, 0.25) is 0 Å². The van der Waals surface area contributed by atoms with Gasteiger partial charge in [-0.3, -0.25) is 4.79 Å². The van der Waals surface area contributed by atoms with Crippen LogP contribution in [0, 0.1) is 12.7 Å². The fraction of sp³-hybridized carbons (Fsp3) is 0.348. The Morgan fingerprint density at radius 3 is 2.61 bits per heavy atom. The number of nitrogens with one attached hydrogen (secondary N) is 1. The highest BCUT2D eigenvalue weighted by molar-refractivity contribution is 7.99. The molecule has 1 amide bonds. The smallest absolute Gasteiger partial charge is 0.234 e. The van der Waals surface area contributed by atoms with E-state index in [1.165, 1.54) is 23.4 Å². The second kappa shape index (κ2) is 10.4. The number of rotatable bonds is 9.